The molecule has 0 aromatic heterocycles. The van der Waals surface area contributed by atoms with E-state index >= 15 is 0 Å². The molecule has 0 unspecified atom stereocenters. The van der Waals surface area contributed by atoms with E-state index in [9.17, 15) is 0 Å². The van der Waals surface area contributed by atoms with Crippen molar-refractivity contribution < 1.29 is 0 Å². The highest BCUT2D eigenvalue weighted by molar-refractivity contribution is 8.00. The third kappa shape index (κ3) is 2.71. The maximum atomic E-state index is 6.03. The van der Waals surface area contributed by atoms with E-state index in [4.69, 9.17) is 17.3 Å². The number of thioether (sulfide) groups is 1. The molecule has 0 amide bonds. The first kappa shape index (κ1) is 14.2. The van der Waals surface area contributed by atoms with Crippen molar-refractivity contribution >= 4 is 23.4 Å². The second-order valence-electron chi connectivity index (χ2n) is 5.50. The highest BCUT2D eigenvalue weighted by Gasteiger charge is 2.52. The van der Waals surface area contributed by atoms with Crippen LogP contribution in [0.3, 0.4) is 0 Å². The van der Waals surface area contributed by atoms with E-state index in [2.05, 4.69) is 26.0 Å². The largest absolute Gasteiger partial charge is 0.329 e. The predicted molar refractivity (Wildman–Crippen MR) is 81.3 cm³/mol. The Morgan fingerprint density at radius 1 is 1.17 bits per heavy atom. The van der Waals surface area contributed by atoms with Crippen molar-refractivity contribution in [1.29, 1.82) is 0 Å². The van der Waals surface area contributed by atoms with Gasteiger partial charge in [0.1, 0.15) is 0 Å². The Morgan fingerprint density at radius 2 is 1.72 bits per heavy atom. The van der Waals surface area contributed by atoms with Crippen LogP contribution >= 0.6 is 23.4 Å². The lowest BCUT2D eigenvalue weighted by atomic mass is 9.58. The summed E-state index contributed by atoms with van der Waals surface area (Å²) in [6.45, 7) is 5.37. The van der Waals surface area contributed by atoms with Gasteiger partial charge >= 0.3 is 0 Å². The minimum absolute atomic E-state index is 0.250. The highest BCUT2D eigenvalue weighted by Crippen LogP contribution is 2.60. The summed E-state index contributed by atoms with van der Waals surface area (Å²) in [7, 11) is 0. The van der Waals surface area contributed by atoms with Gasteiger partial charge in [0.25, 0.3) is 0 Å². The fourth-order valence-electron chi connectivity index (χ4n) is 3.08. The molecule has 1 nitrogen and oxygen atoms in total. The Bertz CT molecular complexity index is 389. The molecule has 2 N–H and O–H groups in total. The van der Waals surface area contributed by atoms with Crippen molar-refractivity contribution in [3.63, 3.8) is 0 Å². The minimum Gasteiger partial charge on any atom is -0.329 e. The molecule has 3 heteroatoms. The number of benzene rings is 1. The summed E-state index contributed by atoms with van der Waals surface area (Å²) < 4.78 is 0.250. The molecule has 1 aliphatic rings. The molecular weight excluding hydrogens is 262 g/mol. The molecule has 1 saturated carbocycles. The summed E-state index contributed by atoms with van der Waals surface area (Å²) in [6, 6.07) is 8.12. The number of halogens is 1. The van der Waals surface area contributed by atoms with Crippen LogP contribution in [0.15, 0.2) is 29.2 Å². The minimum atomic E-state index is 0.250. The van der Waals surface area contributed by atoms with Gasteiger partial charge < -0.3 is 5.73 Å². The molecule has 0 saturated heterocycles. The van der Waals surface area contributed by atoms with Gasteiger partial charge in [-0.05, 0) is 42.5 Å². The maximum Gasteiger partial charge on any atom is 0.0406 e. The summed E-state index contributed by atoms with van der Waals surface area (Å²) in [4.78, 5) is 1.28. The second kappa shape index (κ2) is 5.44. The number of hydrogen-bond donors (Lipinski definition) is 1. The van der Waals surface area contributed by atoms with E-state index in [1.165, 1.54) is 30.6 Å². The Labute approximate surface area is 119 Å². The molecule has 1 aromatic rings. The summed E-state index contributed by atoms with van der Waals surface area (Å²) in [6.07, 6.45) is 5.03. The van der Waals surface area contributed by atoms with Crippen LogP contribution < -0.4 is 5.73 Å². The van der Waals surface area contributed by atoms with Crippen molar-refractivity contribution in [2.45, 2.75) is 49.2 Å². The summed E-state index contributed by atoms with van der Waals surface area (Å²) >= 11 is 7.86. The van der Waals surface area contributed by atoms with Crippen molar-refractivity contribution in [2.24, 2.45) is 11.1 Å². The third-order valence-corrected chi connectivity index (χ3v) is 6.06. The van der Waals surface area contributed by atoms with Gasteiger partial charge in [0.2, 0.25) is 0 Å². The standard InChI is InChI=1S/C15H22ClNS/c1-3-14(4-2)9-15(10-14,11-17)18-13-7-5-12(16)6-8-13/h5-8H,3-4,9-11,17H2,1-2H3. The molecule has 0 spiro atoms. The van der Waals surface area contributed by atoms with Gasteiger partial charge in [-0.2, -0.15) is 0 Å². The normalized spacial score (nSPS) is 20.4. The Morgan fingerprint density at radius 3 is 2.17 bits per heavy atom. The predicted octanol–water partition coefficient (Wildman–Crippen LogP) is 4.73. The second-order valence-corrected chi connectivity index (χ2v) is 7.48. The van der Waals surface area contributed by atoms with Crippen molar-refractivity contribution in [2.75, 3.05) is 6.54 Å². The number of nitrogens with two attached hydrogens (primary N) is 1. The lowest BCUT2D eigenvalue weighted by Gasteiger charge is -2.55. The molecular formula is C15H22ClNS. The molecule has 0 aliphatic heterocycles. The van der Waals surface area contributed by atoms with Gasteiger partial charge in [0.05, 0.1) is 0 Å². The third-order valence-electron chi connectivity index (χ3n) is 4.41. The smallest absolute Gasteiger partial charge is 0.0406 e. The van der Waals surface area contributed by atoms with Crippen molar-refractivity contribution in [3.8, 4) is 0 Å². The van der Waals surface area contributed by atoms with Crippen LogP contribution in [0.5, 0.6) is 0 Å². The summed E-state index contributed by atoms with van der Waals surface area (Å²) in [5.41, 5.74) is 6.57. The van der Waals surface area contributed by atoms with E-state index in [0.717, 1.165) is 11.6 Å². The van der Waals surface area contributed by atoms with Crippen LogP contribution in [-0.2, 0) is 0 Å². The Hall–Kier alpha value is -0.180. The first-order valence-electron chi connectivity index (χ1n) is 6.72. The van der Waals surface area contributed by atoms with Crippen LogP contribution in [0.4, 0.5) is 0 Å². The van der Waals surface area contributed by atoms with Crippen LogP contribution in [-0.4, -0.2) is 11.3 Å². The summed E-state index contributed by atoms with van der Waals surface area (Å²) in [5, 5.41) is 0.797. The molecule has 100 valence electrons. The van der Waals surface area contributed by atoms with Crippen LogP contribution in [0.25, 0.3) is 0 Å². The van der Waals surface area contributed by atoms with E-state index in [0.29, 0.717) is 5.41 Å². The van der Waals surface area contributed by atoms with Crippen LogP contribution in [0, 0.1) is 5.41 Å². The van der Waals surface area contributed by atoms with Crippen LogP contribution in [0.1, 0.15) is 39.5 Å². The first-order valence-corrected chi connectivity index (χ1v) is 7.91. The molecule has 0 radical (unpaired) electrons. The SMILES string of the molecule is CCC1(CC)CC(CN)(Sc2ccc(Cl)cc2)C1. The topological polar surface area (TPSA) is 26.0 Å². The fraction of sp³-hybridized carbons (Fsp3) is 0.600. The number of rotatable bonds is 5. The first-order chi connectivity index (χ1) is 8.57. The molecule has 18 heavy (non-hydrogen) atoms. The van der Waals surface area contributed by atoms with Gasteiger partial charge in [0, 0.05) is 21.2 Å². The molecule has 1 aliphatic carbocycles. The molecule has 0 atom stereocenters. The van der Waals surface area contributed by atoms with Gasteiger partial charge in [-0.1, -0.05) is 38.3 Å². The Balaban J connectivity index is 2.05. The lowest BCUT2D eigenvalue weighted by molar-refractivity contribution is 0.0750. The van der Waals surface area contributed by atoms with E-state index in [1.54, 1.807) is 0 Å². The fourth-order valence-corrected chi connectivity index (χ4v) is 4.81. The highest BCUT2D eigenvalue weighted by atomic mass is 35.5. The monoisotopic (exact) mass is 283 g/mol. The van der Waals surface area contributed by atoms with Crippen molar-refractivity contribution in [1.82, 2.24) is 0 Å². The van der Waals surface area contributed by atoms with Crippen molar-refractivity contribution in [3.05, 3.63) is 29.3 Å². The quantitative estimate of drug-likeness (QED) is 0.845. The van der Waals surface area contributed by atoms with E-state index < -0.39 is 0 Å². The number of hydrogen-bond acceptors (Lipinski definition) is 2. The summed E-state index contributed by atoms with van der Waals surface area (Å²) in [5.74, 6) is 0. The van der Waals surface area contributed by atoms with E-state index in [1.807, 2.05) is 23.9 Å². The molecule has 0 heterocycles. The van der Waals surface area contributed by atoms with Gasteiger partial charge in [-0.15, -0.1) is 11.8 Å². The average Bonchev–Trinajstić information content (AvgIpc) is 2.36. The van der Waals surface area contributed by atoms with Gasteiger partial charge in [0.15, 0.2) is 0 Å². The molecule has 1 fully saturated rings. The zero-order valence-electron chi connectivity index (χ0n) is 11.2. The van der Waals surface area contributed by atoms with Crippen LogP contribution in [0.2, 0.25) is 5.02 Å². The zero-order chi connectivity index (χ0) is 13.2. The maximum absolute atomic E-state index is 6.03. The van der Waals surface area contributed by atoms with E-state index in [-0.39, 0.29) is 4.75 Å². The van der Waals surface area contributed by atoms with Gasteiger partial charge in [-0.25, -0.2) is 0 Å². The average molecular weight is 284 g/mol. The molecule has 2 rings (SSSR count). The zero-order valence-corrected chi connectivity index (χ0v) is 12.8. The molecule has 0 bridgehead atoms. The lowest BCUT2D eigenvalue weighted by Crippen LogP contribution is -2.53. The van der Waals surface area contributed by atoms with Gasteiger partial charge in [-0.3, -0.25) is 0 Å². The molecule has 1 aromatic carbocycles. The Kier molecular flexibility index (Phi) is 4.30.